The molecule has 1 saturated heterocycles. The number of amides is 1. The van der Waals surface area contributed by atoms with Crippen LogP contribution in [-0.4, -0.2) is 40.6 Å². The summed E-state index contributed by atoms with van der Waals surface area (Å²) in [5, 5.41) is 9.07. The first-order valence-electron chi connectivity index (χ1n) is 6.35. The van der Waals surface area contributed by atoms with Crippen molar-refractivity contribution in [3.05, 3.63) is 21.4 Å². The molecule has 1 fully saturated rings. The number of nitrogens with two attached hydrogens (primary N) is 1. The van der Waals surface area contributed by atoms with Gasteiger partial charge in [0.1, 0.15) is 6.17 Å². The standard InChI is InChI=1S/C13H17FN2O3S/c1-6(15)12(17)16-5-8(14)3-10(16)11-4-9(13(18)19)7(2)20-11/h4,6,8,10H,3,5,15H2,1-2H3,(H,18,19)/t6-,8+,10-/m0/s1. The van der Waals surface area contributed by atoms with Gasteiger partial charge in [0, 0.05) is 16.2 Å². The number of likely N-dealkylation sites (tertiary alicyclic amines) is 1. The van der Waals surface area contributed by atoms with Crippen LogP contribution in [0.4, 0.5) is 4.39 Å². The summed E-state index contributed by atoms with van der Waals surface area (Å²) < 4.78 is 13.7. The predicted molar refractivity (Wildman–Crippen MR) is 73.6 cm³/mol. The summed E-state index contributed by atoms with van der Waals surface area (Å²) in [6, 6.07) is 0.426. The molecule has 2 rings (SSSR count). The molecular formula is C13H17FN2O3S. The largest absolute Gasteiger partial charge is 0.478 e. The minimum Gasteiger partial charge on any atom is -0.478 e. The molecule has 0 saturated carbocycles. The number of nitrogens with zero attached hydrogens (tertiary/aromatic N) is 1. The lowest BCUT2D eigenvalue weighted by atomic mass is 10.1. The quantitative estimate of drug-likeness (QED) is 0.890. The number of aryl methyl sites for hydroxylation is 1. The lowest BCUT2D eigenvalue weighted by molar-refractivity contribution is -0.133. The van der Waals surface area contributed by atoms with Gasteiger partial charge in [0.25, 0.3) is 0 Å². The number of halogens is 1. The second kappa shape index (κ2) is 5.49. The van der Waals surface area contributed by atoms with E-state index in [1.165, 1.54) is 22.3 Å². The molecule has 0 aromatic carbocycles. The van der Waals surface area contributed by atoms with Crippen LogP contribution >= 0.6 is 11.3 Å². The minimum atomic E-state index is -1.10. The van der Waals surface area contributed by atoms with Crippen molar-refractivity contribution in [1.82, 2.24) is 4.90 Å². The number of carbonyl (C=O) groups excluding carboxylic acids is 1. The van der Waals surface area contributed by atoms with Gasteiger partial charge in [-0.3, -0.25) is 4.79 Å². The average molecular weight is 300 g/mol. The highest BCUT2D eigenvalue weighted by atomic mass is 32.1. The summed E-state index contributed by atoms with van der Waals surface area (Å²) >= 11 is 1.29. The Hall–Kier alpha value is -1.47. The Kier molecular flexibility index (Phi) is 4.10. The molecule has 1 amide bonds. The molecule has 20 heavy (non-hydrogen) atoms. The van der Waals surface area contributed by atoms with Crippen molar-refractivity contribution in [2.75, 3.05) is 6.54 Å². The van der Waals surface area contributed by atoms with Gasteiger partial charge < -0.3 is 15.7 Å². The molecule has 7 heteroatoms. The first-order valence-corrected chi connectivity index (χ1v) is 7.16. The predicted octanol–water partition coefficient (Wildman–Crippen LogP) is 1.71. The normalized spacial score (nSPS) is 23.9. The van der Waals surface area contributed by atoms with Crippen LogP contribution in [0.25, 0.3) is 0 Å². The van der Waals surface area contributed by atoms with E-state index in [1.54, 1.807) is 13.8 Å². The Bertz CT molecular complexity index is 544. The number of alkyl halides is 1. The van der Waals surface area contributed by atoms with E-state index in [1.807, 2.05) is 0 Å². The minimum absolute atomic E-state index is 0.0182. The third kappa shape index (κ3) is 2.69. The van der Waals surface area contributed by atoms with Crippen LogP contribution < -0.4 is 5.73 Å². The molecule has 0 unspecified atom stereocenters. The van der Waals surface area contributed by atoms with E-state index >= 15 is 0 Å². The number of carboxylic acids is 1. The number of hydrogen-bond donors (Lipinski definition) is 2. The Morgan fingerprint density at radius 2 is 2.25 bits per heavy atom. The first-order chi connectivity index (χ1) is 9.31. The molecular weight excluding hydrogens is 283 g/mol. The SMILES string of the molecule is Cc1sc([C@@H]2C[C@@H](F)CN2C(=O)[C@H](C)N)cc1C(=O)O. The molecule has 1 aromatic rings. The number of aromatic carboxylic acids is 1. The van der Waals surface area contributed by atoms with Gasteiger partial charge in [-0.2, -0.15) is 0 Å². The van der Waals surface area contributed by atoms with Crippen molar-refractivity contribution in [1.29, 1.82) is 0 Å². The van der Waals surface area contributed by atoms with Crippen molar-refractivity contribution in [2.24, 2.45) is 5.73 Å². The van der Waals surface area contributed by atoms with Gasteiger partial charge >= 0.3 is 5.97 Å². The molecule has 0 aliphatic carbocycles. The molecule has 0 bridgehead atoms. The zero-order valence-corrected chi connectivity index (χ0v) is 12.1. The van der Waals surface area contributed by atoms with E-state index in [-0.39, 0.29) is 24.4 Å². The van der Waals surface area contributed by atoms with Crippen LogP contribution in [0.15, 0.2) is 6.07 Å². The molecule has 0 spiro atoms. The molecule has 5 nitrogen and oxygen atoms in total. The number of carboxylic acid groups (broad SMARTS) is 1. The van der Waals surface area contributed by atoms with Crippen LogP contribution in [0.3, 0.4) is 0 Å². The van der Waals surface area contributed by atoms with Crippen LogP contribution in [0, 0.1) is 6.92 Å². The topological polar surface area (TPSA) is 83.6 Å². The van der Waals surface area contributed by atoms with Gasteiger partial charge in [0.05, 0.1) is 24.2 Å². The van der Waals surface area contributed by atoms with E-state index in [0.717, 1.165) is 0 Å². The van der Waals surface area contributed by atoms with Crippen molar-refractivity contribution < 1.29 is 19.1 Å². The van der Waals surface area contributed by atoms with Crippen molar-refractivity contribution in [2.45, 2.75) is 38.5 Å². The summed E-state index contributed by atoms with van der Waals surface area (Å²) in [5.74, 6) is -1.32. The fourth-order valence-electron chi connectivity index (χ4n) is 2.44. The van der Waals surface area contributed by atoms with Gasteiger partial charge in [-0.1, -0.05) is 0 Å². The molecule has 3 N–H and O–H groups in total. The van der Waals surface area contributed by atoms with Crippen LogP contribution in [-0.2, 0) is 4.79 Å². The second-order valence-electron chi connectivity index (χ2n) is 5.05. The maximum atomic E-state index is 13.7. The summed E-state index contributed by atoms with van der Waals surface area (Å²) in [6.45, 7) is 3.29. The second-order valence-corrected chi connectivity index (χ2v) is 6.34. The fourth-order valence-corrected chi connectivity index (χ4v) is 3.59. The average Bonchev–Trinajstić information content (AvgIpc) is 2.91. The highest BCUT2D eigenvalue weighted by molar-refractivity contribution is 7.12. The third-order valence-electron chi connectivity index (χ3n) is 3.42. The van der Waals surface area contributed by atoms with E-state index < -0.39 is 24.2 Å². The molecule has 3 atom stereocenters. The van der Waals surface area contributed by atoms with Crippen molar-refractivity contribution in [3.63, 3.8) is 0 Å². The van der Waals surface area contributed by atoms with E-state index in [2.05, 4.69) is 0 Å². The zero-order valence-electron chi connectivity index (χ0n) is 11.3. The summed E-state index contributed by atoms with van der Waals surface area (Å²) in [6.07, 6.45) is -0.907. The summed E-state index contributed by atoms with van der Waals surface area (Å²) in [7, 11) is 0. The van der Waals surface area contributed by atoms with E-state index in [9.17, 15) is 14.0 Å². The molecule has 1 aliphatic rings. The van der Waals surface area contributed by atoms with Gasteiger partial charge in [-0.15, -0.1) is 11.3 Å². The maximum Gasteiger partial charge on any atom is 0.336 e. The smallest absolute Gasteiger partial charge is 0.336 e. The maximum absolute atomic E-state index is 13.7. The fraction of sp³-hybridized carbons (Fsp3) is 0.538. The summed E-state index contributed by atoms with van der Waals surface area (Å²) in [5.41, 5.74) is 5.79. The molecule has 1 aliphatic heterocycles. The highest BCUT2D eigenvalue weighted by Gasteiger charge is 2.38. The lowest BCUT2D eigenvalue weighted by Gasteiger charge is -2.25. The van der Waals surface area contributed by atoms with Gasteiger partial charge in [-0.05, 0) is 19.9 Å². The Labute approximate surface area is 120 Å². The highest BCUT2D eigenvalue weighted by Crippen LogP contribution is 2.38. The number of hydrogen-bond acceptors (Lipinski definition) is 4. The van der Waals surface area contributed by atoms with Gasteiger partial charge in [-0.25, -0.2) is 9.18 Å². The third-order valence-corrected chi connectivity index (χ3v) is 4.57. The van der Waals surface area contributed by atoms with E-state index in [4.69, 9.17) is 10.8 Å². The molecule has 2 heterocycles. The van der Waals surface area contributed by atoms with Crippen molar-refractivity contribution >= 4 is 23.2 Å². The molecule has 1 aromatic heterocycles. The Morgan fingerprint density at radius 1 is 1.60 bits per heavy atom. The van der Waals surface area contributed by atoms with Crippen molar-refractivity contribution in [3.8, 4) is 0 Å². The number of carbonyl (C=O) groups is 2. The monoisotopic (exact) mass is 300 g/mol. The van der Waals surface area contributed by atoms with E-state index in [0.29, 0.717) is 9.75 Å². The van der Waals surface area contributed by atoms with Crippen LogP contribution in [0.2, 0.25) is 0 Å². The number of thiophene rings is 1. The molecule has 0 radical (unpaired) electrons. The zero-order chi connectivity index (χ0) is 15.0. The molecule has 110 valence electrons. The Morgan fingerprint density at radius 3 is 2.75 bits per heavy atom. The van der Waals surface area contributed by atoms with Crippen LogP contribution in [0.1, 0.15) is 39.5 Å². The first kappa shape index (κ1) is 14.9. The van der Waals surface area contributed by atoms with Gasteiger partial charge in [0.2, 0.25) is 5.91 Å². The van der Waals surface area contributed by atoms with Crippen LogP contribution in [0.5, 0.6) is 0 Å². The number of rotatable bonds is 3. The summed E-state index contributed by atoms with van der Waals surface area (Å²) in [4.78, 5) is 25.9. The van der Waals surface area contributed by atoms with Gasteiger partial charge in [0.15, 0.2) is 0 Å². The lowest BCUT2D eigenvalue weighted by Crippen LogP contribution is -2.41. The Balaban J connectivity index is 2.32.